The Morgan fingerprint density at radius 1 is 1.09 bits per heavy atom. The van der Waals surface area contributed by atoms with E-state index in [1.807, 2.05) is 54.7 Å². The summed E-state index contributed by atoms with van der Waals surface area (Å²) in [6.07, 6.45) is 5.38. The molecule has 2 aliphatic heterocycles. The van der Waals surface area contributed by atoms with Gasteiger partial charge in [0.15, 0.2) is 0 Å². The number of hydrogen-bond donors (Lipinski definition) is 2. The average molecular weight is 473 g/mol. The molecule has 2 aromatic heterocycles. The number of fused-ring (bicyclic) bond motifs is 2. The van der Waals surface area contributed by atoms with Crippen LogP contribution >= 0.6 is 11.6 Å². The number of aromatic amines is 1. The molecule has 0 bridgehead atoms. The highest BCUT2D eigenvalue weighted by Gasteiger charge is 2.25. The smallest absolute Gasteiger partial charge is 0.225 e. The van der Waals surface area contributed by atoms with Crippen molar-refractivity contribution < 1.29 is 14.3 Å². The van der Waals surface area contributed by atoms with Crippen molar-refractivity contribution in [1.29, 1.82) is 0 Å². The van der Waals surface area contributed by atoms with E-state index >= 15 is 0 Å². The number of carbonyl (C=O) groups excluding carboxylic acids is 1. The van der Waals surface area contributed by atoms with Crippen molar-refractivity contribution in [3.63, 3.8) is 0 Å². The lowest BCUT2D eigenvalue weighted by Crippen LogP contribution is -2.20. The molecule has 34 heavy (non-hydrogen) atoms. The number of ether oxygens (including phenoxy) is 2. The molecule has 0 saturated carbocycles. The monoisotopic (exact) mass is 472 g/mol. The fourth-order valence-corrected chi connectivity index (χ4v) is 4.53. The average Bonchev–Trinajstić information content (AvgIpc) is 3.34. The number of halogens is 1. The molecule has 1 amide bonds. The number of imidazole rings is 1. The summed E-state index contributed by atoms with van der Waals surface area (Å²) in [4.78, 5) is 24.1. The highest BCUT2D eigenvalue weighted by molar-refractivity contribution is 6.30. The molecular formula is C26H21ClN4O3. The molecule has 4 heterocycles. The number of benzene rings is 2. The molecular weight excluding hydrogens is 452 g/mol. The van der Waals surface area contributed by atoms with Crippen LogP contribution in [0.1, 0.15) is 29.3 Å². The molecule has 0 spiro atoms. The number of carbonyl (C=O) groups is 1. The molecule has 1 atom stereocenters. The molecule has 2 aliphatic rings. The van der Waals surface area contributed by atoms with E-state index in [2.05, 4.69) is 15.3 Å². The Bertz CT molecular complexity index is 1380. The Kier molecular flexibility index (Phi) is 5.19. The van der Waals surface area contributed by atoms with Gasteiger partial charge in [0.25, 0.3) is 0 Å². The predicted molar refractivity (Wildman–Crippen MR) is 129 cm³/mol. The lowest BCUT2D eigenvalue weighted by molar-refractivity contribution is -0.116. The fraction of sp³-hybridized carbons (Fsp3) is 0.192. The Labute approximate surface area is 201 Å². The number of amides is 1. The first-order valence-corrected chi connectivity index (χ1v) is 11.5. The molecule has 4 aromatic rings. The van der Waals surface area contributed by atoms with Gasteiger partial charge in [0.2, 0.25) is 5.91 Å². The van der Waals surface area contributed by atoms with Gasteiger partial charge in [0.05, 0.1) is 18.2 Å². The van der Waals surface area contributed by atoms with Crippen molar-refractivity contribution in [1.82, 2.24) is 15.0 Å². The van der Waals surface area contributed by atoms with Gasteiger partial charge >= 0.3 is 0 Å². The van der Waals surface area contributed by atoms with Crippen LogP contribution in [0.2, 0.25) is 5.02 Å². The first-order chi connectivity index (χ1) is 16.6. The number of rotatable bonds is 4. The Hall–Kier alpha value is -3.84. The number of aromatic nitrogens is 3. The van der Waals surface area contributed by atoms with Gasteiger partial charge < -0.3 is 19.8 Å². The summed E-state index contributed by atoms with van der Waals surface area (Å²) in [5, 5.41) is 3.51. The van der Waals surface area contributed by atoms with E-state index in [9.17, 15) is 4.79 Å². The summed E-state index contributed by atoms with van der Waals surface area (Å²) in [6.45, 7) is 0.554. The molecule has 0 radical (unpaired) electrons. The highest BCUT2D eigenvalue weighted by Crippen LogP contribution is 2.37. The molecule has 2 aromatic carbocycles. The summed E-state index contributed by atoms with van der Waals surface area (Å²) in [5.41, 5.74) is 3.87. The molecule has 2 N–H and O–H groups in total. The van der Waals surface area contributed by atoms with Crippen LogP contribution in [0.5, 0.6) is 17.2 Å². The number of anilines is 1. The van der Waals surface area contributed by atoms with Crippen LogP contribution < -0.4 is 14.8 Å². The molecule has 170 valence electrons. The second-order valence-electron chi connectivity index (χ2n) is 8.45. The maximum absolute atomic E-state index is 11.7. The van der Waals surface area contributed by atoms with E-state index in [-0.39, 0.29) is 11.8 Å². The molecule has 0 saturated heterocycles. The van der Waals surface area contributed by atoms with Crippen molar-refractivity contribution in [2.75, 3.05) is 11.9 Å². The van der Waals surface area contributed by atoms with Gasteiger partial charge in [-0.25, -0.2) is 9.97 Å². The third-order valence-corrected chi connectivity index (χ3v) is 6.42. The van der Waals surface area contributed by atoms with Gasteiger partial charge in [-0.1, -0.05) is 23.7 Å². The van der Waals surface area contributed by atoms with Crippen LogP contribution in [0.4, 0.5) is 5.82 Å². The van der Waals surface area contributed by atoms with Crippen molar-refractivity contribution in [2.24, 2.45) is 0 Å². The SMILES string of the molecule is O=C1CCc2c(Oc3ccc4c(c3)CC(c3nc(-c5ccc(Cl)cc5)c[nH]3)CO4)ccnc2N1. The predicted octanol–water partition coefficient (Wildman–Crippen LogP) is 5.52. The van der Waals surface area contributed by atoms with E-state index in [0.29, 0.717) is 36.0 Å². The van der Waals surface area contributed by atoms with Crippen LogP contribution in [0.3, 0.4) is 0 Å². The van der Waals surface area contributed by atoms with Crippen molar-refractivity contribution in [3.05, 3.63) is 82.9 Å². The molecule has 0 fully saturated rings. The number of nitrogens with zero attached hydrogens (tertiary/aromatic N) is 2. The number of nitrogens with one attached hydrogen (secondary N) is 2. The summed E-state index contributed by atoms with van der Waals surface area (Å²) in [5.74, 6) is 3.83. The minimum atomic E-state index is -0.0220. The molecule has 0 aliphatic carbocycles. The zero-order chi connectivity index (χ0) is 23.1. The fourth-order valence-electron chi connectivity index (χ4n) is 4.40. The third kappa shape index (κ3) is 3.99. The van der Waals surface area contributed by atoms with Crippen LogP contribution in [0.15, 0.2) is 60.9 Å². The molecule has 6 rings (SSSR count). The third-order valence-electron chi connectivity index (χ3n) is 6.16. The maximum atomic E-state index is 11.7. The summed E-state index contributed by atoms with van der Waals surface area (Å²) >= 11 is 6.00. The quantitative estimate of drug-likeness (QED) is 0.408. The number of pyridine rings is 1. The minimum absolute atomic E-state index is 0.0220. The topological polar surface area (TPSA) is 89.1 Å². The van der Waals surface area contributed by atoms with E-state index in [1.165, 1.54) is 0 Å². The van der Waals surface area contributed by atoms with E-state index < -0.39 is 0 Å². The standard InChI is InChI=1S/C26H21ClN4O3/c27-18-3-1-15(2-4-18)21-13-29-25(30-21)17-11-16-12-19(5-7-22(16)33-14-17)34-23-9-10-28-26-20(23)6-8-24(32)31-26/h1-5,7,9-10,12-13,17H,6,8,11,14H2,(H,29,30)(H,28,31,32). The van der Waals surface area contributed by atoms with E-state index in [0.717, 1.165) is 46.1 Å². The summed E-state index contributed by atoms with van der Waals surface area (Å²) < 4.78 is 12.2. The van der Waals surface area contributed by atoms with Gasteiger partial charge in [-0.3, -0.25) is 4.79 Å². The lowest BCUT2D eigenvalue weighted by atomic mass is 9.96. The van der Waals surface area contributed by atoms with Gasteiger partial charge in [-0.2, -0.15) is 0 Å². The number of hydrogen-bond acceptors (Lipinski definition) is 5. The number of H-pyrrole nitrogens is 1. The zero-order valence-electron chi connectivity index (χ0n) is 18.2. The van der Waals surface area contributed by atoms with Crippen LogP contribution in [0.25, 0.3) is 11.3 Å². The normalized spacial score (nSPS) is 16.7. The zero-order valence-corrected chi connectivity index (χ0v) is 18.9. The van der Waals surface area contributed by atoms with Gasteiger partial charge in [0, 0.05) is 35.0 Å². The van der Waals surface area contributed by atoms with Gasteiger partial charge in [0.1, 0.15) is 28.9 Å². The van der Waals surface area contributed by atoms with E-state index in [4.69, 9.17) is 26.1 Å². The molecule has 8 heteroatoms. The Morgan fingerprint density at radius 2 is 1.97 bits per heavy atom. The lowest BCUT2D eigenvalue weighted by Gasteiger charge is -2.25. The first-order valence-electron chi connectivity index (χ1n) is 11.1. The van der Waals surface area contributed by atoms with E-state index in [1.54, 1.807) is 6.20 Å². The van der Waals surface area contributed by atoms with Gasteiger partial charge in [-0.15, -0.1) is 0 Å². The van der Waals surface area contributed by atoms with Crippen molar-refractivity contribution >= 4 is 23.3 Å². The van der Waals surface area contributed by atoms with Crippen LogP contribution in [0, 0.1) is 0 Å². The van der Waals surface area contributed by atoms with Gasteiger partial charge in [-0.05, 0) is 54.8 Å². The second-order valence-corrected chi connectivity index (χ2v) is 8.88. The maximum Gasteiger partial charge on any atom is 0.225 e. The minimum Gasteiger partial charge on any atom is -0.493 e. The largest absolute Gasteiger partial charge is 0.493 e. The Morgan fingerprint density at radius 3 is 2.85 bits per heavy atom. The molecule has 7 nitrogen and oxygen atoms in total. The van der Waals surface area contributed by atoms with Crippen LogP contribution in [-0.2, 0) is 17.6 Å². The Balaban J connectivity index is 1.22. The summed E-state index contributed by atoms with van der Waals surface area (Å²) in [7, 11) is 0. The second kappa shape index (κ2) is 8.50. The summed E-state index contributed by atoms with van der Waals surface area (Å²) in [6, 6.07) is 15.3. The highest BCUT2D eigenvalue weighted by atomic mass is 35.5. The molecule has 1 unspecified atom stereocenters. The van der Waals surface area contributed by atoms with Crippen molar-refractivity contribution in [2.45, 2.75) is 25.2 Å². The first kappa shape index (κ1) is 20.7. The van der Waals surface area contributed by atoms with Crippen molar-refractivity contribution in [3.8, 4) is 28.5 Å². The van der Waals surface area contributed by atoms with Crippen LogP contribution in [-0.4, -0.2) is 27.5 Å².